The van der Waals surface area contributed by atoms with E-state index in [4.69, 9.17) is 23.7 Å². The molecule has 0 fully saturated rings. The van der Waals surface area contributed by atoms with Crippen LogP contribution in [0.4, 0.5) is 0 Å². The van der Waals surface area contributed by atoms with Crippen LogP contribution in [-0.2, 0) is 16.1 Å². The number of thiazole rings is 1. The van der Waals surface area contributed by atoms with Gasteiger partial charge in [0.1, 0.15) is 6.61 Å². The monoisotopic (exact) mass is 756 g/mol. The van der Waals surface area contributed by atoms with E-state index in [-0.39, 0.29) is 11.1 Å². The number of rotatable bonds is 11. The Hall–Kier alpha value is -3.87. The zero-order valence-corrected chi connectivity index (χ0v) is 29.0. The number of benzene rings is 3. The average Bonchev–Trinajstić information content (AvgIpc) is 3.36. The molecule has 4 aromatic rings. The van der Waals surface area contributed by atoms with Gasteiger partial charge in [-0.2, -0.15) is 0 Å². The maximum Gasteiger partial charge on any atom is 0.337 e. The van der Waals surface area contributed by atoms with Crippen LogP contribution in [0.25, 0.3) is 6.08 Å². The molecule has 0 radical (unpaired) electrons. The van der Waals surface area contributed by atoms with E-state index in [1.54, 1.807) is 31.4 Å². The van der Waals surface area contributed by atoms with Crippen LogP contribution >= 0.6 is 43.2 Å². The molecule has 1 aliphatic rings. The zero-order chi connectivity index (χ0) is 32.1. The fraction of sp³-hybridized carbons (Fsp3) is 0.242. The van der Waals surface area contributed by atoms with Crippen molar-refractivity contribution in [2.45, 2.75) is 26.5 Å². The summed E-state index contributed by atoms with van der Waals surface area (Å²) < 4.78 is 31.9. The molecule has 1 aliphatic heterocycles. The molecule has 0 aliphatic carbocycles. The first-order valence-electron chi connectivity index (χ1n) is 14.0. The summed E-state index contributed by atoms with van der Waals surface area (Å²) in [4.78, 5) is 31.8. The van der Waals surface area contributed by atoms with E-state index in [1.165, 1.54) is 29.2 Å². The van der Waals surface area contributed by atoms with Crippen molar-refractivity contribution in [3.63, 3.8) is 0 Å². The van der Waals surface area contributed by atoms with Gasteiger partial charge in [-0.25, -0.2) is 9.79 Å². The second-order valence-electron chi connectivity index (χ2n) is 9.69. The van der Waals surface area contributed by atoms with Gasteiger partial charge in [-0.15, -0.1) is 0 Å². The summed E-state index contributed by atoms with van der Waals surface area (Å²) >= 11 is 8.29. The summed E-state index contributed by atoms with van der Waals surface area (Å²) in [6.07, 6.45) is 3.22. The molecule has 9 nitrogen and oxygen atoms in total. The number of hydrogen-bond donors (Lipinski definition) is 0. The summed E-state index contributed by atoms with van der Waals surface area (Å²) in [6.45, 7) is 4.99. The van der Waals surface area contributed by atoms with E-state index in [2.05, 4.69) is 36.9 Å². The SMILES string of the molecule is CCOc1ccc([C@@H]2C(C(=O)OC)=CN=c3s/c(=C\c4cc(OC)c(OCc5ccc(Br)cc5)cc4Br)c(=O)n32)cc1OCC. The molecule has 12 heteroatoms. The molecule has 0 bridgehead atoms. The Morgan fingerprint density at radius 2 is 1.64 bits per heavy atom. The molecular weight excluding hydrogens is 728 g/mol. The standard InChI is InChI=1S/C33H30Br2N2O7S/c1-5-42-25-12-9-20(13-27(25)43-6-2)30-23(32(39)41-4)17-36-33-37(30)31(38)29(45-33)15-21-14-26(40-3)28(16-24(21)35)44-18-19-7-10-22(34)11-8-19/h7-17,30H,5-6,18H2,1-4H3/b29-15-/t30-/m1/s1. The van der Waals surface area contributed by atoms with Crippen LogP contribution in [0.1, 0.15) is 36.6 Å². The van der Waals surface area contributed by atoms with Crippen molar-refractivity contribution in [1.82, 2.24) is 4.57 Å². The fourth-order valence-corrected chi connectivity index (χ4v) is 6.47. The van der Waals surface area contributed by atoms with Crippen LogP contribution in [0.5, 0.6) is 23.0 Å². The Labute approximate surface area is 280 Å². The van der Waals surface area contributed by atoms with E-state index in [0.717, 1.165) is 10.0 Å². The van der Waals surface area contributed by atoms with Crippen LogP contribution in [0, 0.1) is 0 Å². The summed E-state index contributed by atoms with van der Waals surface area (Å²) in [5.41, 5.74) is 2.26. The Bertz CT molecular complexity index is 1930. The second kappa shape index (κ2) is 14.5. The molecule has 2 heterocycles. The first kappa shape index (κ1) is 32.5. The van der Waals surface area contributed by atoms with E-state index >= 15 is 0 Å². The molecular formula is C33H30Br2N2O7S. The van der Waals surface area contributed by atoms with Gasteiger partial charge in [0.2, 0.25) is 0 Å². The highest BCUT2D eigenvalue weighted by atomic mass is 79.9. The summed E-state index contributed by atoms with van der Waals surface area (Å²) in [5, 5.41) is 0. The molecule has 0 unspecified atom stereocenters. The first-order valence-corrected chi connectivity index (χ1v) is 16.4. The Morgan fingerprint density at radius 1 is 0.933 bits per heavy atom. The zero-order valence-electron chi connectivity index (χ0n) is 25.0. The van der Waals surface area contributed by atoms with Crippen molar-refractivity contribution in [3.8, 4) is 23.0 Å². The third-order valence-electron chi connectivity index (χ3n) is 6.89. The van der Waals surface area contributed by atoms with E-state index in [1.807, 2.05) is 50.2 Å². The van der Waals surface area contributed by atoms with Crippen LogP contribution in [0.3, 0.4) is 0 Å². The van der Waals surface area contributed by atoms with Gasteiger partial charge < -0.3 is 23.7 Å². The van der Waals surface area contributed by atoms with Gasteiger partial charge in [0.15, 0.2) is 27.8 Å². The van der Waals surface area contributed by atoms with Gasteiger partial charge in [0.05, 0.1) is 43.6 Å². The highest BCUT2D eigenvalue weighted by Gasteiger charge is 2.31. The van der Waals surface area contributed by atoms with Crippen LogP contribution < -0.4 is 33.8 Å². The highest BCUT2D eigenvalue weighted by Crippen LogP contribution is 2.36. The molecule has 234 valence electrons. The predicted octanol–water partition coefficient (Wildman–Crippen LogP) is 5.93. The van der Waals surface area contributed by atoms with Gasteiger partial charge in [-0.05, 0) is 73.0 Å². The number of ether oxygens (including phenoxy) is 5. The summed E-state index contributed by atoms with van der Waals surface area (Å²) in [7, 11) is 2.86. The largest absolute Gasteiger partial charge is 0.493 e. The number of esters is 1. The van der Waals surface area contributed by atoms with Crippen molar-refractivity contribution in [3.05, 3.63) is 112 Å². The maximum absolute atomic E-state index is 14.0. The lowest BCUT2D eigenvalue weighted by atomic mass is 9.97. The maximum atomic E-state index is 14.0. The third kappa shape index (κ3) is 7.03. The predicted molar refractivity (Wildman–Crippen MR) is 179 cm³/mol. The Balaban J connectivity index is 1.56. The number of nitrogens with zero attached hydrogens (tertiary/aromatic N) is 2. The normalized spacial score (nSPS) is 14.2. The fourth-order valence-electron chi connectivity index (χ4n) is 4.80. The van der Waals surface area contributed by atoms with Crippen LogP contribution in [0.2, 0.25) is 0 Å². The molecule has 0 N–H and O–H groups in total. The van der Waals surface area contributed by atoms with Crippen molar-refractivity contribution < 1.29 is 28.5 Å². The average molecular weight is 758 g/mol. The van der Waals surface area contributed by atoms with E-state index in [9.17, 15) is 9.59 Å². The van der Waals surface area contributed by atoms with Crippen molar-refractivity contribution in [2.75, 3.05) is 27.4 Å². The number of halogens is 2. The number of fused-ring (bicyclic) bond motifs is 1. The minimum atomic E-state index is -0.793. The number of carbonyl (C=O) groups is 1. The number of hydrogen-bond acceptors (Lipinski definition) is 9. The van der Waals surface area contributed by atoms with Gasteiger partial charge in [-0.3, -0.25) is 9.36 Å². The molecule has 0 saturated heterocycles. The topological polar surface area (TPSA) is 97.6 Å². The van der Waals surface area contributed by atoms with Crippen LogP contribution in [-0.4, -0.2) is 38.0 Å². The molecule has 3 aromatic carbocycles. The minimum Gasteiger partial charge on any atom is -0.493 e. The van der Waals surface area contributed by atoms with Gasteiger partial charge >= 0.3 is 5.97 Å². The molecule has 5 rings (SSSR count). The second-order valence-corrected chi connectivity index (χ2v) is 12.5. The van der Waals surface area contributed by atoms with Crippen molar-refractivity contribution >= 4 is 55.2 Å². The third-order valence-corrected chi connectivity index (χ3v) is 9.10. The molecule has 45 heavy (non-hydrogen) atoms. The van der Waals surface area contributed by atoms with E-state index < -0.39 is 12.0 Å². The van der Waals surface area contributed by atoms with Crippen molar-refractivity contribution in [1.29, 1.82) is 0 Å². The Morgan fingerprint density at radius 3 is 2.33 bits per heavy atom. The Kier molecular flexibility index (Phi) is 10.5. The van der Waals surface area contributed by atoms with Crippen LogP contribution in [0.15, 0.2) is 85.1 Å². The molecule has 0 amide bonds. The highest BCUT2D eigenvalue weighted by molar-refractivity contribution is 9.10. The molecule has 1 aromatic heterocycles. The lowest BCUT2D eigenvalue weighted by molar-refractivity contribution is -0.136. The van der Waals surface area contributed by atoms with Gasteiger partial charge in [0, 0.05) is 15.1 Å². The van der Waals surface area contributed by atoms with E-state index in [0.29, 0.717) is 67.8 Å². The van der Waals surface area contributed by atoms with Gasteiger partial charge in [0.25, 0.3) is 5.56 Å². The van der Waals surface area contributed by atoms with Gasteiger partial charge in [-0.1, -0.05) is 61.4 Å². The smallest absolute Gasteiger partial charge is 0.337 e. The molecule has 0 spiro atoms. The lowest BCUT2D eigenvalue weighted by Gasteiger charge is -2.23. The summed E-state index contributed by atoms with van der Waals surface area (Å²) in [6, 6.07) is 16.1. The minimum absolute atomic E-state index is 0.221. The lowest BCUT2D eigenvalue weighted by Crippen LogP contribution is -2.39. The number of methoxy groups -OCH3 is 2. The quantitative estimate of drug-likeness (QED) is 0.175. The number of aromatic nitrogens is 1. The van der Waals surface area contributed by atoms with Crippen molar-refractivity contribution in [2.24, 2.45) is 4.99 Å². The number of carbonyl (C=O) groups excluding carboxylic acids is 1. The first-order chi connectivity index (χ1) is 21.8. The molecule has 1 atom stereocenters. The summed E-state index contributed by atoms with van der Waals surface area (Å²) in [5.74, 6) is 1.56. The molecule has 0 saturated carbocycles.